The van der Waals surface area contributed by atoms with Crippen LogP contribution in [0.2, 0.25) is 0 Å². The van der Waals surface area contributed by atoms with Crippen molar-refractivity contribution in [3.8, 4) is 0 Å². The first-order valence-corrected chi connectivity index (χ1v) is 5.56. The zero-order chi connectivity index (χ0) is 9.94. The van der Waals surface area contributed by atoms with Crippen LogP contribution in [0.3, 0.4) is 0 Å². The summed E-state index contributed by atoms with van der Waals surface area (Å²) in [5, 5.41) is 14.0. The maximum absolute atomic E-state index is 10.9. The SMILES string of the molecule is CNCC(=O)NCCSCCCO. The Hall–Kier alpha value is -0.260. The summed E-state index contributed by atoms with van der Waals surface area (Å²) in [6, 6.07) is 0. The van der Waals surface area contributed by atoms with Gasteiger partial charge in [0.15, 0.2) is 0 Å². The van der Waals surface area contributed by atoms with Crippen LogP contribution in [0.4, 0.5) is 0 Å². The summed E-state index contributed by atoms with van der Waals surface area (Å²) in [6.07, 6.45) is 0.829. The molecule has 0 spiro atoms. The molecule has 78 valence electrons. The van der Waals surface area contributed by atoms with E-state index in [0.717, 1.165) is 17.9 Å². The minimum atomic E-state index is 0.0326. The maximum Gasteiger partial charge on any atom is 0.233 e. The number of carbonyl (C=O) groups is 1. The van der Waals surface area contributed by atoms with E-state index >= 15 is 0 Å². The molecule has 0 saturated carbocycles. The smallest absolute Gasteiger partial charge is 0.233 e. The highest BCUT2D eigenvalue weighted by Crippen LogP contribution is 1.99. The second kappa shape index (κ2) is 9.83. The summed E-state index contributed by atoms with van der Waals surface area (Å²) in [6.45, 7) is 1.33. The van der Waals surface area contributed by atoms with Crippen LogP contribution in [0.1, 0.15) is 6.42 Å². The Balaban J connectivity index is 3.02. The van der Waals surface area contributed by atoms with Crippen molar-refractivity contribution in [1.82, 2.24) is 10.6 Å². The Morgan fingerprint density at radius 3 is 2.85 bits per heavy atom. The van der Waals surface area contributed by atoms with E-state index in [4.69, 9.17) is 5.11 Å². The van der Waals surface area contributed by atoms with Crippen molar-refractivity contribution in [2.45, 2.75) is 6.42 Å². The van der Waals surface area contributed by atoms with E-state index in [9.17, 15) is 4.79 Å². The first-order valence-electron chi connectivity index (χ1n) is 4.41. The first-order chi connectivity index (χ1) is 6.31. The van der Waals surface area contributed by atoms with Crippen molar-refractivity contribution < 1.29 is 9.90 Å². The zero-order valence-corrected chi connectivity index (χ0v) is 8.82. The molecule has 0 aromatic carbocycles. The van der Waals surface area contributed by atoms with Crippen LogP contribution in [0, 0.1) is 0 Å². The fraction of sp³-hybridized carbons (Fsp3) is 0.875. The molecule has 0 aliphatic heterocycles. The molecule has 0 fully saturated rings. The molecular formula is C8H18N2O2S. The molecular weight excluding hydrogens is 188 g/mol. The largest absolute Gasteiger partial charge is 0.396 e. The Morgan fingerprint density at radius 2 is 2.23 bits per heavy atom. The maximum atomic E-state index is 10.9. The molecule has 0 bridgehead atoms. The number of aliphatic hydroxyl groups excluding tert-OH is 1. The summed E-state index contributed by atoms with van der Waals surface area (Å²) >= 11 is 1.74. The number of hydrogen-bond acceptors (Lipinski definition) is 4. The average Bonchev–Trinajstić information content (AvgIpc) is 2.11. The van der Waals surface area contributed by atoms with Crippen molar-refractivity contribution in [3.05, 3.63) is 0 Å². The van der Waals surface area contributed by atoms with Crippen molar-refractivity contribution in [2.24, 2.45) is 0 Å². The molecule has 0 heterocycles. The Morgan fingerprint density at radius 1 is 1.46 bits per heavy atom. The normalized spacial score (nSPS) is 10.0. The van der Waals surface area contributed by atoms with Crippen LogP contribution in [0.5, 0.6) is 0 Å². The number of likely N-dealkylation sites (N-methyl/N-ethyl adjacent to an activating group) is 1. The molecule has 1 amide bonds. The molecule has 0 unspecified atom stereocenters. The second-order valence-corrected chi connectivity index (χ2v) is 3.79. The van der Waals surface area contributed by atoms with Gasteiger partial charge in [-0.1, -0.05) is 0 Å². The van der Waals surface area contributed by atoms with Crippen LogP contribution >= 0.6 is 11.8 Å². The molecule has 0 aliphatic rings. The first kappa shape index (κ1) is 12.7. The lowest BCUT2D eigenvalue weighted by molar-refractivity contribution is -0.120. The molecule has 4 nitrogen and oxygen atoms in total. The highest BCUT2D eigenvalue weighted by Gasteiger charge is 1.96. The van der Waals surface area contributed by atoms with Crippen LogP contribution in [0.25, 0.3) is 0 Å². The molecule has 0 aromatic heterocycles. The van der Waals surface area contributed by atoms with Crippen molar-refractivity contribution in [3.63, 3.8) is 0 Å². The number of nitrogens with one attached hydrogen (secondary N) is 2. The summed E-state index contributed by atoms with van der Waals surface area (Å²) < 4.78 is 0. The van der Waals surface area contributed by atoms with E-state index in [1.54, 1.807) is 18.8 Å². The van der Waals surface area contributed by atoms with Gasteiger partial charge in [0.25, 0.3) is 0 Å². The third kappa shape index (κ3) is 9.66. The van der Waals surface area contributed by atoms with Crippen molar-refractivity contribution in [1.29, 1.82) is 0 Å². The quantitative estimate of drug-likeness (QED) is 0.466. The molecule has 0 aliphatic carbocycles. The van der Waals surface area contributed by atoms with Crippen molar-refractivity contribution in [2.75, 3.05) is 38.2 Å². The molecule has 0 rings (SSSR count). The number of aliphatic hydroxyl groups is 1. The van der Waals surface area contributed by atoms with E-state index in [1.807, 2.05) is 0 Å². The second-order valence-electron chi connectivity index (χ2n) is 2.57. The Bertz CT molecular complexity index is 133. The Kier molecular flexibility index (Phi) is 9.63. The van der Waals surface area contributed by atoms with Gasteiger partial charge in [0, 0.05) is 18.9 Å². The van der Waals surface area contributed by atoms with E-state index < -0.39 is 0 Å². The molecule has 0 radical (unpaired) electrons. The summed E-state index contributed by atoms with van der Waals surface area (Å²) in [5.41, 5.74) is 0. The highest BCUT2D eigenvalue weighted by atomic mass is 32.2. The van der Waals surface area contributed by atoms with Gasteiger partial charge in [-0.3, -0.25) is 4.79 Å². The standard InChI is InChI=1S/C8H18N2O2S/c1-9-7-8(12)10-3-6-13-5-2-4-11/h9,11H,2-7H2,1H3,(H,10,12). The molecule has 0 atom stereocenters. The number of hydrogen-bond donors (Lipinski definition) is 3. The lowest BCUT2D eigenvalue weighted by Gasteiger charge is -2.03. The van der Waals surface area contributed by atoms with E-state index in [0.29, 0.717) is 13.1 Å². The van der Waals surface area contributed by atoms with Gasteiger partial charge in [0.1, 0.15) is 0 Å². The number of amides is 1. The van der Waals surface area contributed by atoms with Gasteiger partial charge in [-0.2, -0.15) is 11.8 Å². The van der Waals surface area contributed by atoms with Gasteiger partial charge < -0.3 is 15.7 Å². The zero-order valence-electron chi connectivity index (χ0n) is 8.01. The monoisotopic (exact) mass is 206 g/mol. The fourth-order valence-electron chi connectivity index (χ4n) is 0.754. The van der Waals surface area contributed by atoms with E-state index in [2.05, 4.69) is 10.6 Å². The van der Waals surface area contributed by atoms with Gasteiger partial charge >= 0.3 is 0 Å². The molecule has 13 heavy (non-hydrogen) atoms. The number of rotatable bonds is 8. The minimum Gasteiger partial charge on any atom is -0.396 e. The van der Waals surface area contributed by atoms with Crippen LogP contribution < -0.4 is 10.6 Å². The van der Waals surface area contributed by atoms with Crippen molar-refractivity contribution >= 4 is 17.7 Å². The van der Waals surface area contributed by atoms with Crippen LogP contribution in [-0.4, -0.2) is 49.3 Å². The minimum absolute atomic E-state index is 0.0326. The van der Waals surface area contributed by atoms with Gasteiger partial charge in [-0.05, 0) is 19.2 Å². The average molecular weight is 206 g/mol. The van der Waals surface area contributed by atoms with E-state index in [-0.39, 0.29) is 12.5 Å². The lowest BCUT2D eigenvalue weighted by atomic mass is 10.5. The number of carbonyl (C=O) groups excluding carboxylic acids is 1. The van der Waals surface area contributed by atoms with Gasteiger partial charge in [0.05, 0.1) is 6.54 Å². The fourth-order valence-corrected chi connectivity index (χ4v) is 1.54. The third-order valence-electron chi connectivity index (χ3n) is 1.35. The molecule has 0 aromatic rings. The third-order valence-corrected chi connectivity index (χ3v) is 2.42. The summed E-state index contributed by atoms with van der Waals surface area (Å²) in [5.74, 6) is 1.90. The van der Waals surface area contributed by atoms with Crippen LogP contribution in [-0.2, 0) is 4.79 Å². The van der Waals surface area contributed by atoms with Gasteiger partial charge in [-0.15, -0.1) is 0 Å². The topological polar surface area (TPSA) is 61.4 Å². The van der Waals surface area contributed by atoms with E-state index in [1.165, 1.54) is 0 Å². The highest BCUT2D eigenvalue weighted by molar-refractivity contribution is 7.99. The lowest BCUT2D eigenvalue weighted by Crippen LogP contribution is -2.33. The molecule has 0 saturated heterocycles. The predicted octanol–water partition coefficient (Wildman–Crippen LogP) is -0.562. The summed E-state index contributed by atoms with van der Waals surface area (Å²) in [4.78, 5) is 10.9. The van der Waals surface area contributed by atoms with Crippen LogP contribution in [0.15, 0.2) is 0 Å². The number of thioether (sulfide) groups is 1. The van der Waals surface area contributed by atoms with Gasteiger partial charge in [-0.25, -0.2) is 0 Å². The predicted molar refractivity (Wildman–Crippen MR) is 56.0 cm³/mol. The summed E-state index contributed by atoms with van der Waals surface area (Å²) in [7, 11) is 1.75. The molecule has 3 N–H and O–H groups in total. The van der Waals surface area contributed by atoms with Gasteiger partial charge in [0.2, 0.25) is 5.91 Å². The Labute approximate surface area is 83.5 Å². The molecule has 5 heteroatoms.